The first-order valence-corrected chi connectivity index (χ1v) is 45.1. The number of aromatic amines is 8. The number of pyridine rings is 4. The molecule has 0 radical (unpaired) electrons. The summed E-state index contributed by atoms with van der Waals surface area (Å²) in [6.45, 7) is 11.5. The normalized spacial score (nSPS) is 11.5. The van der Waals surface area contributed by atoms with E-state index in [0.29, 0.717) is 34.7 Å². The van der Waals surface area contributed by atoms with Gasteiger partial charge >= 0.3 is 0 Å². The van der Waals surface area contributed by atoms with Crippen molar-refractivity contribution >= 4 is 105 Å². The van der Waals surface area contributed by atoms with Gasteiger partial charge in [0.05, 0.1) is 90.0 Å². The van der Waals surface area contributed by atoms with Gasteiger partial charge in [-0.25, -0.2) is 37.5 Å². The molecule has 0 atom stereocenters. The Morgan fingerprint density at radius 2 is 0.683 bits per heavy atom. The number of nitrogens with one attached hydrogen (secondary N) is 10. The van der Waals surface area contributed by atoms with E-state index in [1.165, 1.54) is 48.5 Å². The Hall–Kier alpha value is -18.1. The second kappa shape index (κ2) is 37.1. The number of carbonyl (C=O) groups is 1. The Morgan fingerprint density at radius 1 is 0.338 bits per heavy atom. The summed E-state index contributed by atoms with van der Waals surface area (Å²) in [6, 6.07) is 82.3. The van der Waals surface area contributed by atoms with Crippen molar-refractivity contribution in [2.45, 2.75) is 41.2 Å². The molecule has 0 bridgehead atoms. The minimum Gasteiger partial charge on any atom is -0.376 e. The Bertz CT molecular complexity index is 8790. The number of amides is 1. The van der Waals surface area contributed by atoms with Crippen LogP contribution in [0.5, 0.6) is 0 Å². The molecule has 12 aromatic carbocycles. The van der Waals surface area contributed by atoms with Crippen LogP contribution in [0.3, 0.4) is 0 Å². The van der Waals surface area contributed by atoms with Crippen molar-refractivity contribution < 1.29 is 22.4 Å². The summed E-state index contributed by atoms with van der Waals surface area (Å²) in [5, 5.41) is 40.7. The Morgan fingerprint density at radius 3 is 1.05 bits per heavy atom. The molecule has 24 rings (SSSR count). The molecule has 0 aliphatic carbocycles. The van der Waals surface area contributed by atoms with Crippen LogP contribution in [-0.4, -0.2) is 127 Å². The minimum absolute atomic E-state index is 0.0773. The Balaban J connectivity index is 0.000000110. The van der Waals surface area contributed by atoms with Crippen molar-refractivity contribution in [1.29, 1.82) is 0 Å². The minimum atomic E-state index is -0.512. The van der Waals surface area contributed by atoms with E-state index in [0.717, 1.165) is 224 Å². The number of aromatic nitrogens is 20. The Kier molecular flexibility index (Phi) is 23.4. The van der Waals surface area contributed by atoms with Gasteiger partial charge in [-0.05, 0) is 215 Å². The van der Waals surface area contributed by atoms with Gasteiger partial charge in [-0.3, -0.25) is 45.1 Å². The lowest BCUT2D eigenvalue weighted by atomic mass is 9.95. The summed E-state index contributed by atoms with van der Waals surface area (Å²) in [6.07, 6.45) is 14.5. The van der Waals surface area contributed by atoms with E-state index in [9.17, 15) is 22.4 Å². The fraction of sp³-hybridized carbons (Fsp3) is 0.0901. The van der Waals surface area contributed by atoms with Crippen molar-refractivity contribution in [3.8, 4) is 135 Å². The maximum atomic E-state index is 13.9. The number of carbonyl (C=O) groups excluding carboxylic acids is 1. The van der Waals surface area contributed by atoms with Crippen molar-refractivity contribution in [2.75, 3.05) is 30.9 Å². The third-order valence-corrected chi connectivity index (χ3v) is 24.4. The molecule has 12 aromatic heterocycles. The molecule has 24 nitrogen and oxygen atoms in total. The second-order valence-electron chi connectivity index (χ2n) is 35.1. The topological polar surface area (TPSA) is 325 Å². The van der Waals surface area contributed by atoms with Crippen molar-refractivity contribution in [2.24, 2.45) is 5.41 Å². The van der Waals surface area contributed by atoms with Gasteiger partial charge in [-0.15, -0.1) is 0 Å². The predicted octanol–water partition coefficient (Wildman–Crippen LogP) is 25.4. The molecule has 0 spiro atoms. The van der Waals surface area contributed by atoms with Crippen molar-refractivity contribution in [1.82, 2.24) is 106 Å². The molecule has 139 heavy (non-hydrogen) atoms. The highest BCUT2D eigenvalue weighted by atomic mass is 19.1. The second-order valence-corrected chi connectivity index (χ2v) is 35.1. The molecular weight excluding hydrogens is 1750 g/mol. The summed E-state index contributed by atoms with van der Waals surface area (Å²) in [4.78, 5) is 64.9. The van der Waals surface area contributed by atoms with Gasteiger partial charge < -0.3 is 35.5 Å². The van der Waals surface area contributed by atoms with Gasteiger partial charge in [0, 0.05) is 129 Å². The van der Waals surface area contributed by atoms with E-state index < -0.39 is 5.41 Å². The molecular formula is C111H87F4N23O. The molecule has 0 aliphatic rings. The van der Waals surface area contributed by atoms with Crippen molar-refractivity contribution in [3.63, 3.8) is 0 Å². The molecule has 1 amide bonds. The molecule has 0 saturated heterocycles. The van der Waals surface area contributed by atoms with E-state index in [1.54, 1.807) is 42.9 Å². The number of hydrogen-bond donors (Lipinski definition) is 10. The summed E-state index contributed by atoms with van der Waals surface area (Å²) in [7, 11) is 4.00. The summed E-state index contributed by atoms with van der Waals surface area (Å²) in [5.74, 6) is 1.39. The number of anilines is 2. The van der Waals surface area contributed by atoms with E-state index >= 15 is 0 Å². The molecule has 0 unspecified atom stereocenters. The van der Waals surface area contributed by atoms with Crippen LogP contribution in [-0.2, 0) is 11.3 Å². The average Bonchev–Trinajstić information content (AvgIpc) is 1.63. The SMILES string of the molecule is CC(C)(C)C(=O)Nc1cncc(-c2ccc3[nH]nc(-c4nc5c(-c6cccc(F)c6)cccc5[nH]4)c3c2)c1.CCNCc1cncc(-c2ccc3[nH]nc(-c4nc5c(-c6cccc(F)c6)cccc5[nH]4)c3c2)c1.CN(C)c1cncc(-c2ccc3[nH]nc(-c4nc5c(-c6cccc(F)c6)cccc5[nH]4)c3c2)c1.Cc1ccncc1-c1ccc2[nH]nc(-c3nc4c(-c5cccc(F)c5)cccc4[nH]3)c2c1. The number of benzene rings is 12. The number of para-hydroxylation sites is 4. The zero-order chi connectivity index (χ0) is 95.1. The van der Waals surface area contributed by atoms with Crippen LogP contribution in [0.4, 0.5) is 28.9 Å². The largest absolute Gasteiger partial charge is 0.376 e. The number of H-pyrrole nitrogens is 8. The highest BCUT2D eigenvalue weighted by Gasteiger charge is 2.26. The summed E-state index contributed by atoms with van der Waals surface area (Å²) >= 11 is 0. The molecule has 0 fully saturated rings. The highest BCUT2D eigenvalue weighted by Crippen LogP contribution is 2.42. The van der Waals surface area contributed by atoms with E-state index in [1.807, 2.05) is 216 Å². The zero-order valence-corrected chi connectivity index (χ0v) is 76.2. The maximum Gasteiger partial charge on any atom is 0.229 e. The van der Waals surface area contributed by atoms with E-state index in [-0.39, 0.29) is 29.2 Å². The lowest BCUT2D eigenvalue weighted by Gasteiger charge is -2.17. The number of halogens is 4. The molecule has 28 heteroatoms. The van der Waals surface area contributed by atoms with Gasteiger partial charge in [-0.2, -0.15) is 20.4 Å². The quantitative estimate of drug-likeness (QED) is 0.0379. The fourth-order valence-corrected chi connectivity index (χ4v) is 17.2. The summed E-state index contributed by atoms with van der Waals surface area (Å²) in [5.41, 5.74) is 31.2. The first-order valence-electron chi connectivity index (χ1n) is 45.1. The van der Waals surface area contributed by atoms with Crippen LogP contribution in [0.15, 0.2) is 316 Å². The smallest absolute Gasteiger partial charge is 0.229 e. The fourth-order valence-electron chi connectivity index (χ4n) is 17.2. The average molecular weight is 1840 g/mol. The first-order chi connectivity index (χ1) is 67.7. The van der Waals surface area contributed by atoms with Crippen LogP contribution < -0.4 is 15.5 Å². The number of nitrogens with zero attached hydrogens (tertiary/aromatic N) is 13. The van der Waals surface area contributed by atoms with Crippen LogP contribution in [0.1, 0.15) is 38.8 Å². The number of hydrogen-bond acceptors (Lipinski definition) is 15. The number of aryl methyl sites for hydroxylation is 1. The predicted molar refractivity (Wildman–Crippen MR) is 544 cm³/mol. The van der Waals surface area contributed by atoms with E-state index in [2.05, 4.69) is 154 Å². The maximum absolute atomic E-state index is 13.9. The monoisotopic (exact) mass is 1830 g/mol. The van der Waals surface area contributed by atoms with E-state index in [4.69, 9.17) is 19.9 Å². The lowest BCUT2D eigenvalue weighted by molar-refractivity contribution is -0.123. The summed E-state index contributed by atoms with van der Waals surface area (Å²) < 4.78 is 55.4. The Labute approximate surface area is 792 Å². The van der Waals surface area contributed by atoms with Crippen LogP contribution >= 0.6 is 0 Å². The molecule has 0 aliphatic heterocycles. The van der Waals surface area contributed by atoms with Gasteiger partial charge in [0.1, 0.15) is 46.0 Å². The van der Waals surface area contributed by atoms with Gasteiger partial charge in [0.15, 0.2) is 23.3 Å². The molecule has 10 N–H and O–H groups in total. The highest BCUT2D eigenvalue weighted by molar-refractivity contribution is 6.04. The van der Waals surface area contributed by atoms with Crippen LogP contribution in [0.25, 0.3) is 223 Å². The lowest BCUT2D eigenvalue weighted by Crippen LogP contribution is -2.27. The molecule has 12 heterocycles. The third kappa shape index (κ3) is 17.9. The van der Waals surface area contributed by atoms with Gasteiger partial charge in [0.2, 0.25) is 5.91 Å². The first kappa shape index (κ1) is 87.6. The molecule has 680 valence electrons. The van der Waals surface area contributed by atoms with Gasteiger partial charge in [0.25, 0.3) is 0 Å². The molecule has 24 aromatic rings. The standard InChI is InChI=1S/C30H25FN6O.C28H23FN6.C27H21FN6.C26H18FN5/c1-30(2,3)29(38)33-21-13-19(15-32-16-21)17-10-11-24-23(14-17)27(37-36-24)28-34-25-9-5-8-22(26(25)35-28)18-6-4-7-20(31)12-18;1-2-30-14-17-11-20(16-31-15-17)18-9-10-24-23(13-18)27(35-34-24)28-32-25-8-4-7-22(26(25)33-28)19-5-3-6-21(29)12-19;1-34(2)20-12-18(14-29-15-20)16-9-10-23-22(13-16)26(33-32-23)27-30-24-8-4-7-21(25(24)31-27)17-5-3-6-19(28)11-17;1-15-10-11-28-14-21(15)17-8-9-22-20(13-17)25(32-31-22)26-29-23-7-3-6-19(24(23)30-26)16-4-2-5-18(27)12-16/h4-16H,1-3H3,(H,33,38)(H,34,35)(H,36,37);3-13,15-16,30H,2,14H2,1H3,(H,32,33)(H,34,35);3-15H,1-2H3,(H,30,31)(H,32,33);2-14H,1H3,(H,29,30)(H,31,32). The van der Waals surface area contributed by atoms with Crippen LogP contribution in [0.2, 0.25) is 0 Å². The number of fused-ring (bicyclic) bond motifs is 8. The van der Waals surface area contributed by atoms with Crippen LogP contribution in [0, 0.1) is 35.6 Å². The number of imidazole rings is 4. The van der Waals surface area contributed by atoms with Gasteiger partial charge in [-0.1, -0.05) is 149 Å². The molecule has 0 saturated carbocycles. The van der Waals surface area contributed by atoms with Crippen molar-refractivity contribution in [3.05, 3.63) is 351 Å². The third-order valence-electron chi connectivity index (χ3n) is 24.4. The number of rotatable bonds is 17. The zero-order valence-electron chi connectivity index (χ0n) is 76.2.